The maximum absolute atomic E-state index is 7.15. The van der Waals surface area contributed by atoms with Crippen LogP contribution in [-0.2, 0) is 0 Å². The van der Waals surface area contributed by atoms with E-state index >= 15 is 0 Å². The summed E-state index contributed by atoms with van der Waals surface area (Å²) < 4.78 is 14.3. The van der Waals surface area contributed by atoms with Crippen LogP contribution in [0.5, 0.6) is 23.0 Å². The quantitative estimate of drug-likeness (QED) is 0.183. The number of ether oxygens (including phenoxy) is 2. The van der Waals surface area contributed by atoms with Gasteiger partial charge in [-0.1, -0.05) is 121 Å². The van der Waals surface area contributed by atoms with Gasteiger partial charge in [0.05, 0.1) is 17.1 Å². The maximum Gasteiger partial charge on any atom is 0.266 e. The van der Waals surface area contributed by atoms with Crippen LogP contribution >= 0.6 is 0 Å². The van der Waals surface area contributed by atoms with E-state index in [0.717, 1.165) is 50.7 Å². The van der Waals surface area contributed by atoms with Crippen LogP contribution in [0.4, 0.5) is 17.1 Å². The van der Waals surface area contributed by atoms with Gasteiger partial charge in [-0.2, -0.15) is 0 Å². The Balaban J connectivity index is 1.34. The van der Waals surface area contributed by atoms with Gasteiger partial charge in [0.2, 0.25) is 0 Å². The number of hydrogen-bond donors (Lipinski definition) is 0. The molecule has 0 unspecified atom stereocenters. The molecule has 0 aromatic heterocycles. The molecule has 0 radical (unpaired) electrons. The molecule has 0 aliphatic carbocycles. The van der Waals surface area contributed by atoms with Crippen molar-refractivity contribution >= 4 is 61.7 Å². The van der Waals surface area contributed by atoms with E-state index in [0.29, 0.717) is 0 Å². The molecule has 48 heavy (non-hydrogen) atoms. The molecular formula is C44H22BNO2. The smallest absolute Gasteiger partial charge is 0.266 e. The van der Waals surface area contributed by atoms with Crippen molar-refractivity contribution < 1.29 is 9.47 Å². The molecule has 5 aliphatic heterocycles. The summed E-state index contributed by atoms with van der Waals surface area (Å²) in [5.74, 6) is 3.65. The Labute approximate surface area is 276 Å². The summed E-state index contributed by atoms with van der Waals surface area (Å²) in [5, 5.41) is 5.02. The lowest BCUT2D eigenvalue weighted by molar-refractivity contribution is 0.466. The highest BCUT2D eigenvalue weighted by Crippen LogP contribution is 2.64. The second-order valence-electron chi connectivity index (χ2n) is 13.5. The van der Waals surface area contributed by atoms with Crippen molar-refractivity contribution in [1.29, 1.82) is 0 Å². The topological polar surface area (TPSA) is 21.7 Å². The third-order valence-corrected chi connectivity index (χ3v) is 11.3. The number of anilines is 3. The highest BCUT2D eigenvalue weighted by Gasteiger charge is 2.53. The van der Waals surface area contributed by atoms with Gasteiger partial charge in [0.25, 0.3) is 6.71 Å². The lowest BCUT2D eigenvalue weighted by atomic mass is 9.32. The molecule has 218 valence electrons. The summed E-state index contributed by atoms with van der Waals surface area (Å²) >= 11 is 0. The Morgan fingerprint density at radius 3 is 1.38 bits per heavy atom. The number of hydrogen-bond acceptors (Lipinski definition) is 3. The second-order valence-corrected chi connectivity index (χ2v) is 13.5. The van der Waals surface area contributed by atoms with E-state index in [1.165, 1.54) is 71.8 Å². The van der Waals surface area contributed by atoms with Crippen molar-refractivity contribution in [1.82, 2.24) is 0 Å². The van der Waals surface area contributed by atoms with Crippen LogP contribution < -0.4 is 30.8 Å². The molecule has 0 saturated carbocycles. The Hall–Kier alpha value is -6.26. The molecule has 8 aromatic carbocycles. The average Bonchev–Trinajstić information content (AvgIpc) is 3.15. The Morgan fingerprint density at radius 1 is 0.396 bits per heavy atom. The molecule has 0 spiro atoms. The number of fused-ring (bicyclic) bond motifs is 2. The van der Waals surface area contributed by atoms with Crippen molar-refractivity contribution in [2.75, 3.05) is 4.90 Å². The molecule has 4 heteroatoms. The van der Waals surface area contributed by atoms with E-state index in [2.05, 4.69) is 138 Å². The number of benzene rings is 8. The first kappa shape index (κ1) is 24.0. The monoisotopic (exact) mass is 607 g/mol. The molecular weight excluding hydrogens is 585 g/mol. The van der Waals surface area contributed by atoms with Crippen LogP contribution in [0.25, 0.3) is 66.1 Å². The first-order valence-corrected chi connectivity index (χ1v) is 16.7. The average molecular weight is 607 g/mol. The molecule has 0 bridgehead atoms. The Morgan fingerprint density at radius 2 is 0.854 bits per heavy atom. The fourth-order valence-electron chi connectivity index (χ4n) is 9.67. The molecule has 13 rings (SSSR count). The van der Waals surface area contributed by atoms with Gasteiger partial charge in [0.15, 0.2) is 0 Å². The fraction of sp³-hybridized carbons (Fsp3) is 0. The maximum atomic E-state index is 7.15. The summed E-state index contributed by atoms with van der Waals surface area (Å²) in [6.45, 7) is -0.0448. The zero-order valence-electron chi connectivity index (χ0n) is 25.5. The summed E-state index contributed by atoms with van der Waals surface area (Å²) in [4.78, 5) is 2.60. The van der Waals surface area contributed by atoms with Gasteiger partial charge in [0, 0.05) is 38.5 Å². The van der Waals surface area contributed by atoms with Crippen molar-refractivity contribution in [3.63, 3.8) is 0 Å². The minimum Gasteiger partial charge on any atom is -0.458 e. The SMILES string of the molecule is c1ccc(-c2c3c4c5c6c(cccc26)-c2cccc6c2N5c2c5c(c(-c7ccccc7)c7cccc-6c27)Oc2cccc(c2B45)O3)cc1. The van der Waals surface area contributed by atoms with E-state index in [1.54, 1.807) is 0 Å². The van der Waals surface area contributed by atoms with Crippen molar-refractivity contribution in [2.24, 2.45) is 0 Å². The third kappa shape index (κ3) is 2.52. The lowest BCUT2D eigenvalue weighted by Gasteiger charge is -2.49. The largest absolute Gasteiger partial charge is 0.458 e. The molecule has 3 nitrogen and oxygen atoms in total. The van der Waals surface area contributed by atoms with E-state index in [1.807, 2.05) is 0 Å². The Kier molecular flexibility index (Phi) is 3.99. The standard InChI is InChI=1S/C44H22BNO2/c1-3-11-23(12-4-1)33-29-19-7-15-25-27-17-9-18-28-26-16-8-20-30-34(24-13-5-2-6-14-24)44-39-42(36(26)30)46(40(27)28)41(35(25)29)38-43(33)47-31-21-10-22-32(48-44)37(31)45(38)39/h1-22H. The zero-order valence-corrected chi connectivity index (χ0v) is 25.5. The minimum atomic E-state index is -0.0448. The fourth-order valence-corrected chi connectivity index (χ4v) is 9.67. The van der Waals surface area contributed by atoms with E-state index in [-0.39, 0.29) is 6.71 Å². The normalized spacial score (nSPS) is 14.1. The second kappa shape index (κ2) is 7.99. The summed E-state index contributed by atoms with van der Waals surface area (Å²) in [6, 6.07) is 48.4. The minimum absolute atomic E-state index is 0.0448. The van der Waals surface area contributed by atoms with Crippen LogP contribution in [0.15, 0.2) is 133 Å². The predicted octanol–water partition coefficient (Wildman–Crippen LogP) is 9.80. The first-order valence-electron chi connectivity index (χ1n) is 16.7. The number of rotatable bonds is 2. The summed E-state index contributed by atoms with van der Waals surface area (Å²) in [7, 11) is 0. The number of nitrogens with zero attached hydrogens (tertiary/aromatic N) is 1. The predicted molar refractivity (Wildman–Crippen MR) is 196 cm³/mol. The third-order valence-electron chi connectivity index (χ3n) is 11.3. The van der Waals surface area contributed by atoms with Gasteiger partial charge >= 0.3 is 0 Å². The van der Waals surface area contributed by atoms with E-state index in [9.17, 15) is 0 Å². The van der Waals surface area contributed by atoms with Gasteiger partial charge in [0.1, 0.15) is 23.0 Å². The van der Waals surface area contributed by atoms with Crippen LogP contribution in [0.2, 0.25) is 0 Å². The highest BCUT2D eigenvalue weighted by atomic mass is 16.5. The van der Waals surface area contributed by atoms with Crippen molar-refractivity contribution in [2.45, 2.75) is 0 Å². The molecule has 0 amide bonds. The van der Waals surface area contributed by atoms with Crippen molar-refractivity contribution in [3.05, 3.63) is 133 Å². The molecule has 5 heterocycles. The van der Waals surface area contributed by atoms with Gasteiger partial charge in [-0.05, 0) is 56.1 Å². The van der Waals surface area contributed by atoms with Crippen LogP contribution in [-0.4, -0.2) is 6.71 Å². The summed E-state index contributed by atoms with van der Waals surface area (Å²) in [5.41, 5.74) is 17.1. The van der Waals surface area contributed by atoms with Crippen LogP contribution in [0.3, 0.4) is 0 Å². The molecule has 0 saturated heterocycles. The molecule has 8 aromatic rings. The lowest BCUT2D eigenvalue weighted by Crippen LogP contribution is -2.62. The first-order chi connectivity index (χ1) is 23.9. The molecule has 0 atom stereocenters. The van der Waals surface area contributed by atoms with Crippen molar-refractivity contribution in [3.8, 4) is 67.5 Å². The van der Waals surface area contributed by atoms with Gasteiger partial charge in [-0.3, -0.25) is 0 Å². The molecule has 0 N–H and O–H groups in total. The van der Waals surface area contributed by atoms with Gasteiger partial charge < -0.3 is 14.4 Å². The highest BCUT2D eigenvalue weighted by molar-refractivity contribution is 7.01. The van der Waals surface area contributed by atoms with E-state index in [4.69, 9.17) is 9.47 Å². The zero-order chi connectivity index (χ0) is 30.8. The van der Waals surface area contributed by atoms with Crippen LogP contribution in [0.1, 0.15) is 0 Å². The van der Waals surface area contributed by atoms with E-state index < -0.39 is 0 Å². The molecule has 0 fully saturated rings. The molecule has 5 aliphatic rings. The summed E-state index contributed by atoms with van der Waals surface area (Å²) in [6.07, 6.45) is 0. The van der Waals surface area contributed by atoms with Gasteiger partial charge in [-0.25, -0.2) is 0 Å². The van der Waals surface area contributed by atoms with Crippen LogP contribution in [0, 0.1) is 0 Å². The Bertz CT molecular complexity index is 2660. The van der Waals surface area contributed by atoms with Gasteiger partial charge in [-0.15, -0.1) is 0 Å². The number of para-hydroxylation sites is 1.